The molecule has 2 heterocycles. The monoisotopic (exact) mass is 181 g/mol. The number of hydrogen-bond donors (Lipinski definition) is 1. The zero-order chi connectivity index (χ0) is 8.55. The third kappa shape index (κ3) is 1.03. The van der Waals surface area contributed by atoms with E-state index in [0.29, 0.717) is 11.5 Å². The summed E-state index contributed by atoms with van der Waals surface area (Å²) in [5.41, 5.74) is 5.37. The van der Waals surface area contributed by atoms with Gasteiger partial charge in [0.1, 0.15) is 0 Å². The number of rotatable bonds is 1. The summed E-state index contributed by atoms with van der Waals surface area (Å²) in [6.07, 6.45) is 3.24. The highest BCUT2D eigenvalue weighted by Gasteiger charge is 2.00. The van der Waals surface area contributed by atoms with Crippen molar-refractivity contribution in [3.05, 3.63) is 33.7 Å². The lowest BCUT2D eigenvalue weighted by Crippen LogP contribution is -2.09. The Morgan fingerprint density at radius 2 is 2.50 bits per heavy atom. The molecule has 0 aliphatic carbocycles. The van der Waals surface area contributed by atoms with Crippen molar-refractivity contribution >= 4 is 16.3 Å². The van der Waals surface area contributed by atoms with Crippen molar-refractivity contribution < 1.29 is 0 Å². The van der Waals surface area contributed by atoms with Gasteiger partial charge in [-0.2, -0.15) is 0 Å². The van der Waals surface area contributed by atoms with Crippen molar-refractivity contribution in [2.24, 2.45) is 5.73 Å². The Hall–Kier alpha value is -1.20. The van der Waals surface area contributed by atoms with Crippen LogP contribution in [0.5, 0.6) is 0 Å². The van der Waals surface area contributed by atoms with Crippen LogP contribution in [0.25, 0.3) is 4.96 Å². The normalized spacial score (nSPS) is 10.8. The van der Waals surface area contributed by atoms with Crippen LogP contribution in [0.3, 0.4) is 0 Å². The lowest BCUT2D eigenvalue weighted by Gasteiger charge is -1.85. The van der Waals surface area contributed by atoms with Crippen LogP contribution in [0.2, 0.25) is 0 Å². The van der Waals surface area contributed by atoms with Gasteiger partial charge >= 0.3 is 0 Å². The smallest absolute Gasteiger partial charge is 0.258 e. The molecular formula is C7H7N3OS. The summed E-state index contributed by atoms with van der Waals surface area (Å²) < 4.78 is 1.51. The summed E-state index contributed by atoms with van der Waals surface area (Å²) in [5.74, 6) is 0. The number of fused-ring (bicyclic) bond motifs is 1. The van der Waals surface area contributed by atoms with E-state index in [1.165, 1.54) is 28.0 Å². The maximum Gasteiger partial charge on any atom is 0.258 e. The summed E-state index contributed by atoms with van der Waals surface area (Å²) in [7, 11) is 0. The Kier molecular flexibility index (Phi) is 1.67. The minimum Gasteiger partial charge on any atom is -0.326 e. The van der Waals surface area contributed by atoms with Crippen molar-refractivity contribution in [3.63, 3.8) is 0 Å². The van der Waals surface area contributed by atoms with Crippen LogP contribution in [0.4, 0.5) is 0 Å². The highest BCUT2D eigenvalue weighted by atomic mass is 32.1. The van der Waals surface area contributed by atoms with Gasteiger partial charge in [-0.15, -0.1) is 0 Å². The molecule has 4 nitrogen and oxygen atoms in total. The SMILES string of the molecule is NCc1cn2c(=O)ccnc2s1. The second-order valence-corrected chi connectivity index (χ2v) is 3.43. The van der Waals surface area contributed by atoms with Crippen molar-refractivity contribution in [2.45, 2.75) is 6.54 Å². The number of thiazole rings is 1. The first-order chi connectivity index (χ1) is 5.81. The average molecular weight is 181 g/mol. The first kappa shape index (κ1) is 7.45. The van der Waals surface area contributed by atoms with E-state index in [4.69, 9.17) is 5.73 Å². The third-order valence-corrected chi connectivity index (χ3v) is 2.56. The number of hydrogen-bond acceptors (Lipinski definition) is 4. The van der Waals surface area contributed by atoms with E-state index >= 15 is 0 Å². The first-order valence-electron chi connectivity index (χ1n) is 3.47. The van der Waals surface area contributed by atoms with Gasteiger partial charge in [-0.05, 0) is 0 Å². The predicted molar refractivity (Wildman–Crippen MR) is 47.2 cm³/mol. The minimum atomic E-state index is -0.0593. The number of aromatic nitrogens is 2. The van der Waals surface area contributed by atoms with E-state index in [2.05, 4.69) is 4.98 Å². The first-order valence-corrected chi connectivity index (χ1v) is 4.29. The molecule has 62 valence electrons. The Morgan fingerprint density at radius 3 is 3.17 bits per heavy atom. The number of nitrogens with two attached hydrogens (primary N) is 1. The summed E-state index contributed by atoms with van der Waals surface area (Å²) in [4.78, 5) is 16.9. The number of nitrogens with zero attached hydrogens (tertiary/aromatic N) is 2. The maximum absolute atomic E-state index is 11.2. The lowest BCUT2D eigenvalue weighted by atomic mass is 10.5. The molecule has 5 heteroatoms. The summed E-state index contributed by atoms with van der Waals surface area (Å²) in [5, 5.41) is 0. The highest BCUT2D eigenvalue weighted by molar-refractivity contribution is 7.17. The van der Waals surface area contributed by atoms with E-state index in [9.17, 15) is 4.79 Å². The molecule has 0 bridgehead atoms. The third-order valence-electron chi connectivity index (χ3n) is 1.54. The second kappa shape index (κ2) is 2.69. The molecular weight excluding hydrogens is 174 g/mol. The van der Waals surface area contributed by atoms with Crippen LogP contribution < -0.4 is 11.3 Å². The molecule has 0 aliphatic heterocycles. The van der Waals surface area contributed by atoms with Crippen LogP contribution >= 0.6 is 11.3 Å². The molecule has 0 saturated carbocycles. The Morgan fingerprint density at radius 1 is 1.67 bits per heavy atom. The van der Waals surface area contributed by atoms with E-state index in [1.54, 1.807) is 6.20 Å². The van der Waals surface area contributed by atoms with Gasteiger partial charge in [-0.25, -0.2) is 4.98 Å². The van der Waals surface area contributed by atoms with Gasteiger partial charge in [0.2, 0.25) is 0 Å². The molecule has 2 rings (SSSR count). The molecule has 2 aromatic rings. The molecule has 0 saturated heterocycles. The van der Waals surface area contributed by atoms with Gasteiger partial charge in [-0.1, -0.05) is 11.3 Å². The van der Waals surface area contributed by atoms with Gasteiger partial charge in [0.15, 0.2) is 4.96 Å². The standard InChI is InChI=1S/C7H7N3OS/c8-3-5-4-10-6(11)1-2-9-7(10)12-5/h1-2,4H,3,8H2. The maximum atomic E-state index is 11.2. The molecule has 0 aliphatic rings. The molecule has 0 spiro atoms. The fourth-order valence-electron chi connectivity index (χ4n) is 0.978. The Bertz CT molecular complexity index is 459. The quantitative estimate of drug-likeness (QED) is 0.684. The average Bonchev–Trinajstić information content (AvgIpc) is 2.49. The Balaban J connectivity index is 2.83. The fraction of sp³-hybridized carbons (Fsp3) is 0.143. The van der Waals surface area contributed by atoms with Crippen LogP contribution in [-0.4, -0.2) is 9.38 Å². The topological polar surface area (TPSA) is 60.4 Å². The molecule has 0 amide bonds. The van der Waals surface area contributed by atoms with E-state index in [0.717, 1.165) is 4.88 Å². The molecule has 0 aromatic carbocycles. The van der Waals surface area contributed by atoms with Crippen molar-refractivity contribution in [3.8, 4) is 0 Å². The fourth-order valence-corrected chi connectivity index (χ4v) is 1.81. The summed E-state index contributed by atoms with van der Waals surface area (Å²) in [6.45, 7) is 0.452. The van der Waals surface area contributed by atoms with Crippen LogP contribution in [0.15, 0.2) is 23.3 Å². The highest BCUT2D eigenvalue weighted by Crippen LogP contribution is 2.12. The van der Waals surface area contributed by atoms with Crippen LogP contribution in [0.1, 0.15) is 4.88 Å². The molecule has 0 radical (unpaired) electrons. The second-order valence-electron chi connectivity index (χ2n) is 2.34. The largest absolute Gasteiger partial charge is 0.326 e. The zero-order valence-corrected chi connectivity index (χ0v) is 7.04. The minimum absolute atomic E-state index is 0.0593. The van der Waals surface area contributed by atoms with Crippen molar-refractivity contribution in [1.29, 1.82) is 0 Å². The van der Waals surface area contributed by atoms with Crippen LogP contribution in [-0.2, 0) is 6.54 Å². The van der Waals surface area contributed by atoms with E-state index in [-0.39, 0.29) is 5.56 Å². The van der Waals surface area contributed by atoms with E-state index < -0.39 is 0 Å². The van der Waals surface area contributed by atoms with Gasteiger partial charge in [0.05, 0.1) is 0 Å². The van der Waals surface area contributed by atoms with Gasteiger partial charge < -0.3 is 5.73 Å². The zero-order valence-electron chi connectivity index (χ0n) is 6.23. The van der Waals surface area contributed by atoms with Crippen molar-refractivity contribution in [1.82, 2.24) is 9.38 Å². The molecule has 0 unspecified atom stereocenters. The Labute approximate surface area is 72.3 Å². The lowest BCUT2D eigenvalue weighted by molar-refractivity contribution is 1.03. The van der Waals surface area contributed by atoms with Gasteiger partial charge in [-0.3, -0.25) is 9.20 Å². The molecule has 2 aromatic heterocycles. The van der Waals surface area contributed by atoms with Crippen molar-refractivity contribution in [2.75, 3.05) is 0 Å². The molecule has 2 N–H and O–H groups in total. The summed E-state index contributed by atoms with van der Waals surface area (Å²) >= 11 is 1.44. The summed E-state index contributed by atoms with van der Waals surface area (Å²) in [6, 6.07) is 1.43. The van der Waals surface area contributed by atoms with E-state index in [1.807, 2.05) is 0 Å². The van der Waals surface area contributed by atoms with Gasteiger partial charge in [0, 0.05) is 29.9 Å². The van der Waals surface area contributed by atoms with Crippen LogP contribution in [0, 0.1) is 0 Å². The molecule has 0 atom stereocenters. The predicted octanol–water partition coefficient (Wildman–Crippen LogP) is 0.215. The molecule has 0 fully saturated rings. The van der Waals surface area contributed by atoms with Gasteiger partial charge in [0.25, 0.3) is 5.56 Å². The molecule has 12 heavy (non-hydrogen) atoms.